The Hall–Kier alpha value is 0.0227. The van der Waals surface area contributed by atoms with Gasteiger partial charge in [0.2, 0.25) is 0 Å². The zero-order valence-electron chi connectivity index (χ0n) is 25.5. The number of carbonyl (C=O) groups is 1. The Labute approximate surface area is 352 Å². The van der Waals surface area contributed by atoms with Crippen molar-refractivity contribution in [1.82, 2.24) is 9.97 Å². The van der Waals surface area contributed by atoms with E-state index < -0.39 is 6.16 Å². The first-order valence-electron chi connectivity index (χ1n) is 14.2. The number of fused-ring (bicyclic) bond motifs is 2. The first-order chi connectivity index (χ1) is 20.2. The number of nitrogens with zero attached hydrogens (tertiary/aromatic N) is 2. The molecule has 2 aromatic heterocycles. The molecule has 9 nitrogen and oxygen atoms in total. The predicted molar refractivity (Wildman–Crippen MR) is 170 cm³/mol. The number of rotatable bonds is 4. The normalized spacial score (nSPS) is 21.0. The number of nitrogen functional groups attached to an aromatic ring is 2. The van der Waals surface area contributed by atoms with Crippen LogP contribution in [0.15, 0.2) is 70.7 Å². The van der Waals surface area contributed by atoms with Gasteiger partial charge >= 0.3 is 103 Å². The molecule has 0 aliphatic heterocycles. The fraction of sp³-hybridized carbons (Fsp3) is 0.387. The molecule has 4 aromatic rings. The number of carboxylic acid groups (broad SMARTS) is 2. The van der Waals surface area contributed by atoms with Crippen LogP contribution in [-0.4, -0.2) is 38.7 Å². The number of nitrogens with two attached hydrogens (primary N) is 4. The SMILES string of the molecule is Nc1nccc2cc(SC3CCC(N)CC3)ccc12.Nc1nccc2cc(SC3CCC(N)CC3)ccc12.O=C([O-])[O-].[K+].[K+]. The van der Waals surface area contributed by atoms with Gasteiger partial charge in [-0.3, -0.25) is 0 Å². The molecule has 224 valence electrons. The molecule has 0 unspecified atom stereocenters. The Kier molecular flexibility index (Phi) is 18.6. The van der Waals surface area contributed by atoms with Crippen molar-refractivity contribution < 1.29 is 118 Å². The van der Waals surface area contributed by atoms with Gasteiger partial charge in [0.25, 0.3) is 0 Å². The molecule has 6 rings (SSSR count). The molecular formula is C31H38K2N6O3S2. The number of benzene rings is 2. The maximum Gasteiger partial charge on any atom is 1.00 e. The van der Waals surface area contributed by atoms with Crippen molar-refractivity contribution in [3.8, 4) is 0 Å². The predicted octanol–water partition coefficient (Wildman–Crippen LogP) is -2.08. The van der Waals surface area contributed by atoms with Crippen LogP contribution in [0.5, 0.6) is 0 Å². The first kappa shape index (κ1) is 40.2. The Morgan fingerprint density at radius 3 is 1.32 bits per heavy atom. The van der Waals surface area contributed by atoms with Gasteiger partial charge in [-0.05, 0) is 117 Å². The third kappa shape index (κ3) is 12.9. The number of aromatic nitrogens is 2. The molecule has 2 heterocycles. The zero-order chi connectivity index (χ0) is 30.1. The number of hydrogen-bond acceptors (Lipinski definition) is 11. The van der Waals surface area contributed by atoms with Crippen LogP contribution in [0.25, 0.3) is 21.5 Å². The van der Waals surface area contributed by atoms with Crippen molar-refractivity contribution in [2.24, 2.45) is 11.5 Å². The van der Waals surface area contributed by atoms with E-state index in [1.807, 2.05) is 35.7 Å². The van der Waals surface area contributed by atoms with E-state index in [0.717, 1.165) is 36.5 Å². The third-order valence-electron chi connectivity index (χ3n) is 7.58. The van der Waals surface area contributed by atoms with Crippen LogP contribution in [0.3, 0.4) is 0 Å². The van der Waals surface area contributed by atoms with E-state index in [1.54, 1.807) is 12.4 Å². The molecule has 8 N–H and O–H groups in total. The minimum atomic E-state index is -2.33. The average Bonchev–Trinajstić information content (AvgIpc) is 2.96. The minimum Gasteiger partial charge on any atom is -0.652 e. The summed E-state index contributed by atoms with van der Waals surface area (Å²) in [5.41, 5.74) is 23.7. The molecule has 0 radical (unpaired) electrons. The van der Waals surface area contributed by atoms with Crippen molar-refractivity contribution in [2.45, 2.75) is 83.7 Å². The number of thioether (sulfide) groups is 2. The average molecular weight is 685 g/mol. The topological polar surface area (TPSA) is 193 Å². The molecular weight excluding hydrogens is 647 g/mol. The van der Waals surface area contributed by atoms with Crippen LogP contribution in [0.2, 0.25) is 0 Å². The quantitative estimate of drug-likeness (QED) is 0.173. The second-order valence-electron chi connectivity index (χ2n) is 10.7. The largest absolute Gasteiger partial charge is 1.00 e. The van der Waals surface area contributed by atoms with Gasteiger partial charge in [-0.1, -0.05) is 0 Å². The van der Waals surface area contributed by atoms with Gasteiger partial charge in [-0.25, -0.2) is 9.97 Å². The first-order valence-corrected chi connectivity index (χ1v) is 15.9. The Morgan fingerprint density at radius 1 is 0.636 bits per heavy atom. The van der Waals surface area contributed by atoms with Crippen LogP contribution in [0.4, 0.5) is 16.4 Å². The zero-order valence-corrected chi connectivity index (χ0v) is 33.4. The second kappa shape index (κ2) is 20.4. The summed E-state index contributed by atoms with van der Waals surface area (Å²) in [6.45, 7) is 0. The van der Waals surface area contributed by atoms with E-state index in [9.17, 15) is 0 Å². The molecule has 2 aliphatic carbocycles. The summed E-state index contributed by atoms with van der Waals surface area (Å²) in [4.78, 5) is 19.2. The van der Waals surface area contributed by atoms with Gasteiger partial charge in [0.1, 0.15) is 11.6 Å². The summed E-state index contributed by atoms with van der Waals surface area (Å²) >= 11 is 3.94. The monoisotopic (exact) mass is 684 g/mol. The molecule has 0 spiro atoms. The number of anilines is 2. The second-order valence-corrected chi connectivity index (χ2v) is 13.5. The number of pyridine rings is 2. The molecule has 2 fully saturated rings. The van der Waals surface area contributed by atoms with Gasteiger partial charge < -0.3 is 37.9 Å². The maximum atomic E-state index is 8.33. The van der Waals surface area contributed by atoms with Gasteiger partial charge in [0.15, 0.2) is 0 Å². The summed E-state index contributed by atoms with van der Waals surface area (Å²) in [6, 6.07) is 17.8. The molecule has 2 aromatic carbocycles. The Bertz CT molecular complexity index is 1380. The van der Waals surface area contributed by atoms with Crippen molar-refractivity contribution >= 4 is 62.9 Å². The van der Waals surface area contributed by atoms with E-state index in [0.29, 0.717) is 34.2 Å². The van der Waals surface area contributed by atoms with Gasteiger partial charge in [0, 0.05) is 55.5 Å². The Balaban J connectivity index is 0.000000263. The third-order valence-corrected chi connectivity index (χ3v) is 10.2. The molecule has 0 bridgehead atoms. The van der Waals surface area contributed by atoms with Crippen molar-refractivity contribution in [3.63, 3.8) is 0 Å². The number of carbonyl (C=O) groups excluding carboxylic acids is 1. The number of hydrogen-bond donors (Lipinski definition) is 4. The molecule has 0 saturated heterocycles. The van der Waals surface area contributed by atoms with E-state index in [4.69, 9.17) is 37.9 Å². The van der Waals surface area contributed by atoms with Crippen molar-refractivity contribution in [1.29, 1.82) is 0 Å². The van der Waals surface area contributed by atoms with Crippen molar-refractivity contribution in [2.75, 3.05) is 11.5 Å². The van der Waals surface area contributed by atoms with E-state index in [-0.39, 0.29) is 103 Å². The van der Waals surface area contributed by atoms with Crippen LogP contribution in [-0.2, 0) is 0 Å². The summed E-state index contributed by atoms with van der Waals surface area (Å²) in [5, 5.41) is 22.5. The minimum absolute atomic E-state index is 0. The Morgan fingerprint density at radius 2 is 0.977 bits per heavy atom. The summed E-state index contributed by atoms with van der Waals surface area (Å²) in [5.74, 6) is 1.22. The van der Waals surface area contributed by atoms with E-state index in [2.05, 4.69) is 46.4 Å². The molecule has 0 atom stereocenters. The van der Waals surface area contributed by atoms with Crippen LogP contribution in [0.1, 0.15) is 51.4 Å². The van der Waals surface area contributed by atoms with Gasteiger partial charge in [-0.15, -0.1) is 23.5 Å². The molecule has 0 amide bonds. The molecule has 13 heteroatoms. The fourth-order valence-corrected chi connectivity index (χ4v) is 7.77. The molecule has 44 heavy (non-hydrogen) atoms. The maximum absolute atomic E-state index is 8.33. The van der Waals surface area contributed by atoms with Crippen molar-refractivity contribution in [3.05, 3.63) is 60.9 Å². The van der Waals surface area contributed by atoms with E-state index in [1.165, 1.54) is 46.2 Å². The van der Waals surface area contributed by atoms with Crippen LogP contribution < -0.4 is 136 Å². The summed E-state index contributed by atoms with van der Waals surface area (Å²) < 4.78 is 0. The fourth-order valence-electron chi connectivity index (χ4n) is 5.30. The smallest absolute Gasteiger partial charge is 0.652 e. The van der Waals surface area contributed by atoms with Crippen LogP contribution in [0, 0.1) is 0 Å². The van der Waals surface area contributed by atoms with Gasteiger partial charge in [-0.2, -0.15) is 0 Å². The van der Waals surface area contributed by atoms with E-state index >= 15 is 0 Å². The van der Waals surface area contributed by atoms with Gasteiger partial charge in [0.05, 0.1) is 0 Å². The van der Waals surface area contributed by atoms with Crippen LogP contribution >= 0.6 is 23.5 Å². The molecule has 2 aliphatic rings. The molecule has 2 saturated carbocycles. The summed E-state index contributed by atoms with van der Waals surface area (Å²) in [6.07, 6.45) is 10.7. The standard InChI is InChI=1S/2C15H19N3S.CH2O3.2K/c2*16-11-1-3-12(4-2-11)19-13-5-6-14-10(9-13)7-8-18-15(14)17;2-1(3)4;;/h2*5-9,11-12H,1-4,16H2,(H2,17,18);(H2,2,3,4);;/q;;;2*+1/p-2. The summed E-state index contributed by atoms with van der Waals surface area (Å²) in [7, 11) is 0.